The topological polar surface area (TPSA) is 18.5 Å². The molecule has 0 atom stereocenters. The maximum atomic E-state index is 14.7. The molecule has 190 valence electrons. The predicted molar refractivity (Wildman–Crippen MR) is 138 cm³/mol. The van der Waals surface area contributed by atoms with Gasteiger partial charge in [0.15, 0.2) is 23.1 Å². The minimum absolute atomic E-state index is 0.0354. The Morgan fingerprint density at radius 1 is 0.861 bits per heavy atom. The molecule has 1 saturated carbocycles. The second-order valence-corrected chi connectivity index (χ2v) is 9.43. The zero-order valence-corrected chi connectivity index (χ0v) is 20.7. The third kappa shape index (κ3) is 6.13. The molecule has 1 aliphatic carbocycles. The Morgan fingerprint density at radius 3 is 2.25 bits per heavy atom. The standard InChI is InChI=1S/C31H33F3O2/c1-3-5-6-21-7-11-23(12-8-21)24-13-9-22(10-14-24)20-36-28-17-15-25(19-27(28)32)26-16-18-29(35-4-2)31(34)30(26)33/h3,9-10,13-19,21,23H,1,4-8,11-12,20H2,2H3. The van der Waals surface area contributed by atoms with Gasteiger partial charge in [0, 0.05) is 5.56 Å². The van der Waals surface area contributed by atoms with Crippen LogP contribution >= 0.6 is 0 Å². The van der Waals surface area contributed by atoms with Gasteiger partial charge in [-0.25, -0.2) is 8.78 Å². The van der Waals surface area contributed by atoms with Crippen LogP contribution in [0.2, 0.25) is 0 Å². The molecule has 0 aliphatic heterocycles. The largest absolute Gasteiger partial charge is 0.491 e. The summed E-state index contributed by atoms with van der Waals surface area (Å²) < 4.78 is 54.2. The zero-order chi connectivity index (χ0) is 25.5. The molecule has 3 aromatic rings. The van der Waals surface area contributed by atoms with Crippen molar-refractivity contribution in [2.24, 2.45) is 5.92 Å². The summed E-state index contributed by atoms with van der Waals surface area (Å²) in [6.45, 7) is 5.95. The van der Waals surface area contributed by atoms with Crippen molar-refractivity contribution in [3.63, 3.8) is 0 Å². The van der Waals surface area contributed by atoms with E-state index in [0.717, 1.165) is 24.0 Å². The lowest BCUT2D eigenvalue weighted by Gasteiger charge is -2.28. The van der Waals surface area contributed by atoms with Crippen LogP contribution < -0.4 is 9.47 Å². The Labute approximate surface area is 211 Å². The number of ether oxygens (including phenoxy) is 2. The van der Waals surface area contributed by atoms with E-state index in [2.05, 4.69) is 18.7 Å². The average molecular weight is 495 g/mol. The first-order valence-electron chi connectivity index (χ1n) is 12.7. The highest BCUT2D eigenvalue weighted by Gasteiger charge is 2.22. The second-order valence-electron chi connectivity index (χ2n) is 9.43. The lowest BCUT2D eigenvalue weighted by Crippen LogP contribution is -2.13. The fourth-order valence-electron chi connectivity index (χ4n) is 4.99. The van der Waals surface area contributed by atoms with Crippen LogP contribution in [0, 0.1) is 23.4 Å². The Bertz CT molecular complexity index is 1170. The van der Waals surface area contributed by atoms with Crippen molar-refractivity contribution in [2.45, 2.75) is 58.0 Å². The van der Waals surface area contributed by atoms with Crippen molar-refractivity contribution < 1.29 is 22.6 Å². The zero-order valence-electron chi connectivity index (χ0n) is 20.7. The highest BCUT2D eigenvalue weighted by molar-refractivity contribution is 5.66. The van der Waals surface area contributed by atoms with Crippen LogP contribution in [0.1, 0.15) is 62.5 Å². The lowest BCUT2D eigenvalue weighted by molar-refractivity contribution is 0.290. The molecule has 0 bridgehead atoms. The summed E-state index contributed by atoms with van der Waals surface area (Å²) in [4.78, 5) is 0. The van der Waals surface area contributed by atoms with Gasteiger partial charge in [0.1, 0.15) is 6.61 Å². The van der Waals surface area contributed by atoms with E-state index in [1.54, 1.807) is 6.92 Å². The Hall–Kier alpha value is -3.21. The summed E-state index contributed by atoms with van der Waals surface area (Å²) in [5.41, 5.74) is 2.48. The predicted octanol–water partition coefficient (Wildman–Crippen LogP) is 8.99. The average Bonchev–Trinajstić information content (AvgIpc) is 2.90. The molecule has 0 aromatic heterocycles. The van der Waals surface area contributed by atoms with E-state index in [9.17, 15) is 13.2 Å². The molecule has 0 heterocycles. The highest BCUT2D eigenvalue weighted by Crippen LogP contribution is 2.38. The summed E-state index contributed by atoms with van der Waals surface area (Å²) in [5, 5.41) is 0. The molecule has 0 spiro atoms. The van der Waals surface area contributed by atoms with E-state index in [0.29, 0.717) is 5.92 Å². The monoisotopic (exact) mass is 494 g/mol. The minimum Gasteiger partial charge on any atom is -0.491 e. The normalized spacial score (nSPS) is 17.6. The summed E-state index contributed by atoms with van der Waals surface area (Å²) in [7, 11) is 0. The van der Waals surface area contributed by atoms with Gasteiger partial charge in [-0.2, -0.15) is 4.39 Å². The van der Waals surface area contributed by atoms with Crippen molar-refractivity contribution in [1.82, 2.24) is 0 Å². The van der Waals surface area contributed by atoms with Crippen molar-refractivity contribution in [1.29, 1.82) is 0 Å². The van der Waals surface area contributed by atoms with Crippen LogP contribution in [0.25, 0.3) is 11.1 Å². The molecule has 0 N–H and O–H groups in total. The molecule has 2 nitrogen and oxygen atoms in total. The number of halogens is 3. The molecule has 4 rings (SSSR count). The van der Waals surface area contributed by atoms with Gasteiger partial charge in [0.2, 0.25) is 5.82 Å². The number of allylic oxidation sites excluding steroid dienone is 1. The summed E-state index contributed by atoms with van der Waals surface area (Å²) >= 11 is 0. The highest BCUT2D eigenvalue weighted by atomic mass is 19.2. The Morgan fingerprint density at radius 2 is 1.58 bits per heavy atom. The molecule has 1 aliphatic rings. The number of hydrogen-bond acceptors (Lipinski definition) is 2. The van der Waals surface area contributed by atoms with Gasteiger partial charge >= 0.3 is 0 Å². The molecule has 0 saturated heterocycles. The minimum atomic E-state index is -1.08. The first kappa shape index (κ1) is 25.9. The first-order chi connectivity index (χ1) is 17.5. The summed E-state index contributed by atoms with van der Waals surface area (Å²) in [6, 6.07) is 15.2. The van der Waals surface area contributed by atoms with Crippen molar-refractivity contribution in [2.75, 3.05) is 6.61 Å². The van der Waals surface area contributed by atoms with E-state index < -0.39 is 17.5 Å². The van der Waals surface area contributed by atoms with Gasteiger partial charge in [-0.1, -0.05) is 36.4 Å². The molecule has 0 amide bonds. The number of rotatable bonds is 10. The molecule has 36 heavy (non-hydrogen) atoms. The van der Waals surface area contributed by atoms with E-state index >= 15 is 0 Å². The summed E-state index contributed by atoms with van der Waals surface area (Å²) in [6.07, 6.45) is 9.33. The van der Waals surface area contributed by atoms with Crippen LogP contribution in [0.5, 0.6) is 11.5 Å². The maximum absolute atomic E-state index is 14.7. The number of hydrogen-bond donors (Lipinski definition) is 0. The van der Waals surface area contributed by atoms with Crippen molar-refractivity contribution in [3.8, 4) is 22.6 Å². The molecular weight excluding hydrogens is 461 g/mol. The third-order valence-corrected chi connectivity index (χ3v) is 7.06. The fourth-order valence-corrected chi connectivity index (χ4v) is 4.99. The van der Waals surface area contributed by atoms with Crippen molar-refractivity contribution in [3.05, 3.63) is 95.8 Å². The molecule has 0 unspecified atom stereocenters. The quantitative estimate of drug-likeness (QED) is 0.262. The van der Waals surface area contributed by atoms with Crippen molar-refractivity contribution >= 4 is 0 Å². The van der Waals surface area contributed by atoms with Crippen LogP contribution in [-0.4, -0.2) is 6.61 Å². The van der Waals surface area contributed by atoms with Crippen LogP contribution in [0.3, 0.4) is 0 Å². The SMILES string of the molecule is C=CCCC1CCC(c2ccc(COc3ccc(-c4ccc(OCC)c(F)c4F)cc3F)cc2)CC1. The first-order valence-corrected chi connectivity index (χ1v) is 12.7. The number of benzene rings is 3. The Balaban J connectivity index is 1.35. The van der Waals surface area contributed by atoms with Gasteiger partial charge in [-0.05, 0) is 98.2 Å². The van der Waals surface area contributed by atoms with Crippen LogP contribution in [0.4, 0.5) is 13.2 Å². The molecule has 5 heteroatoms. The van der Waals surface area contributed by atoms with E-state index in [1.165, 1.54) is 61.9 Å². The smallest absolute Gasteiger partial charge is 0.201 e. The molecule has 3 aromatic carbocycles. The maximum Gasteiger partial charge on any atom is 0.201 e. The third-order valence-electron chi connectivity index (χ3n) is 7.06. The molecular formula is C31H33F3O2. The molecule has 0 radical (unpaired) electrons. The lowest BCUT2D eigenvalue weighted by atomic mass is 9.77. The van der Waals surface area contributed by atoms with E-state index in [1.807, 2.05) is 18.2 Å². The second kappa shape index (κ2) is 12.2. The molecule has 1 fully saturated rings. The van der Waals surface area contributed by atoms with Gasteiger partial charge in [-0.15, -0.1) is 6.58 Å². The Kier molecular flexibility index (Phi) is 8.74. The van der Waals surface area contributed by atoms with E-state index in [4.69, 9.17) is 9.47 Å². The van der Waals surface area contributed by atoms with Gasteiger partial charge in [0.05, 0.1) is 6.61 Å². The van der Waals surface area contributed by atoms with Crippen LogP contribution in [0.15, 0.2) is 67.3 Å². The van der Waals surface area contributed by atoms with E-state index in [-0.39, 0.29) is 35.8 Å². The summed E-state index contributed by atoms with van der Waals surface area (Å²) in [5.74, 6) is -1.48. The van der Waals surface area contributed by atoms with Gasteiger partial charge < -0.3 is 9.47 Å². The fraction of sp³-hybridized carbons (Fsp3) is 0.355. The van der Waals surface area contributed by atoms with Crippen LogP contribution in [-0.2, 0) is 6.61 Å². The van der Waals surface area contributed by atoms with Gasteiger partial charge in [0.25, 0.3) is 0 Å². The van der Waals surface area contributed by atoms with Gasteiger partial charge in [-0.3, -0.25) is 0 Å².